The third-order valence-corrected chi connectivity index (χ3v) is 6.86. The molecule has 1 N–H and O–H groups in total. The summed E-state index contributed by atoms with van der Waals surface area (Å²) in [4.78, 5) is 12.6. The number of hydrogen-bond donors (Lipinski definition) is 1. The zero-order chi connectivity index (χ0) is 19.4. The Morgan fingerprint density at radius 2 is 1.81 bits per heavy atom. The first-order valence-corrected chi connectivity index (χ1v) is 10.4. The number of halogens is 1. The first-order valence-electron chi connectivity index (χ1n) is 8.97. The molecular formula is C20H23FN2O3S. The number of hydrogen-bond acceptors (Lipinski definition) is 3. The van der Waals surface area contributed by atoms with Crippen LogP contribution in [0.3, 0.4) is 0 Å². The Balaban J connectivity index is 1.54. The molecule has 2 aromatic rings. The molecule has 0 bridgehead atoms. The number of amides is 1. The van der Waals surface area contributed by atoms with E-state index in [4.69, 9.17) is 0 Å². The van der Waals surface area contributed by atoms with E-state index >= 15 is 0 Å². The Hall–Kier alpha value is -2.25. The summed E-state index contributed by atoms with van der Waals surface area (Å²) in [5.41, 5.74) is 1.05. The van der Waals surface area contributed by atoms with Gasteiger partial charge < -0.3 is 5.32 Å². The van der Waals surface area contributed by atoms with Crippen molar-refractivity contribution < 1.29 is 17.6 Å². The lowest BCUT2D eigenvalue weighted by atomic mass is 9.98. The molecule has 0 atom stereocenters. The van der Waals surface area contributed by atoms with Gasteiger partial charge in [-0.3, -0.25) is 4.79 Å². The molecule has 1 heterocycles. The number of carbonyl (C=O) groups is 1. The minimum absolute atomic E-state index is 0.199. The van der Waals surface area contributed by atoms with Gasteiger partial charge in [0.25, 0.3) is 5.91 Å². The summed E-state index contributed by atoms with van der Waals surface area (Å²) in [6.45, 7) is 3.07. The van der Waals surface area contributed by atoms with Gasteiger partial charge in [-0.1, -0.05) is 24.3 Å². The molecule has 7 heteroatoms. The minimum atomic E-state index is -3.47. The van der Waals surface area contributed by atoms with Crippen LogP contribution in [0.25, 0.3) is 0 Å². The van der Waals surface area contributed by atoms with Gasteiger partial charge in [0.2, 0.25) is 10.0 Å². The van der Waals surface area contributed by atoms with Crippen molar-refractivity contribution in [1.82, 2.24) is 9.62 Å². The van der Waals surface area contributed by atoms with Crippen LogP contribution in [-0.2, 0) is 10.0 Å². The number of benzene rings is 2. The van der Waals surface area contributed by atoms with Gasteiger partial charge in [-0.2, -0.15) is 4.31 Å². The van der Waals surface area contributed by atoms with Crippen LogP contribution in [0.1, 0.15) is 28.8 Å². The van der Waals surface area contributed by atoms with E-state index in [1.165, 1.54) is 16.4 Å². The molecule has 5 nitrogen and oxygen atoms in total. The summed E-state index contributed by atoms with van der Waals surface area (Å²) in [5, 5.41) is 2.85. The molecule has 2 aromatic carbocycles. The van der Waals surface area contributed by atoms with E-state index < -0.39 is 15.8 Å². The number of sulfonamides is 1. The van der Waals surface area contributed by atoms with E-state index in [2.05, 4.69) is 5.32 Å². The van der Waals surface area contributed by atoms with Crippen LogP contribution in [-0.4, -0.2) is 38.3 Å². The summed E-state index contributed by atoms with van der Waals surface area (Å²) in [5.74, 6) is -0.540. The van der Waals surface area contributed by atoms with Crippen molar-refractivity contribution in [2.24, 2.45) is 5.92 Å². The quantitative estimate of drug-likeness (QED) is 0.854. The van der Waals surface area contributed by atoms with Crippen LogP contribution in [0.5, 0.6) is 0 Å². The van der Waals surface area contributed by atoms with E-state index in [-0.39, 0.29) is 11.8 Å². The van der Waals surface area contributed by atoms with Crippen molar-refractivity contribution >= 4 is 15.9 Å². The fourth-order valence-corrected chi connectivity index (χ4v) is 4.76. The molecule has 144 valence electrons. The van der Waals surface area contributed by atoms with E-state index in [1.807, 2.05) is 0 Å². The number of piperidine rings is 1. The van der Waals surface area contributed by atoms with Crippen LogP contribution in [0.15, 0.2) is 53.4 Å². The fourth-order valence-electron chi connectivity index (χ4n) is 3.27. The fraction of sp³-hybridized carbons (Fsp3) is 0.350. The zero-order valence-corrected chi connectivity index (χ0v) is 16.0. The van der Waals surface area contributed by atoms with Gasteiger partial charge in [0.15, 0.2) is 0 Å². The van der Waals surface area contributed by atoms with Crippen LogP contribution in [0, 0.1) is 18.7 Å². The highest BCUT2D eigenvalue weighted by molar-refractivity contribution is 7.89. The molecule has 0 spiro atoms. The SMILES string of the molecule is Cc1ccc(F)cc1C(=O)NCC1CCN(S(=O)(=O)c2ccccc2)CC1. The highest BCUT2D eigenvalue weighted by Gasteiger charge is 2.29. The van der Waals surface area contributed by atoms with E-state index in [0.29, 0.717) is 42.9 Å². The monoisotopic (exact) mass is 390 g/mol. The predicted molar refractivity (Wildman–Crippen MR) is 101 cm³/mol. The summed E-state index contributed by atoms with van der Waals surface area (Å²) >= 11 is 0. The average molecular weight is 390 g/mol. The Labute approximate surface area is 159 Å². The molecule has 1 aliphatic rings. The second kappa shape index (κ2) is 8.19. The molecule has 1 saturated heterocycles. The minimum Gasteiger partial charge on any atom is -0.352 e. The molecular weight excluding hydrogens is 367 g/mol. The molecule has 0 unspecified atom stereocenters. The summed E-state index contributed by atoms with van der Waals surface area (Å²) in [6.07, 6.45) is 1.35. The van der Waals surface area contributed by atoms with Crippen molar-refractivity contribution in [2.45, 2.75) is 24.7 Å². The van der Waals surface area contributed by atoms with Gasteiger partial charge in [-0.05, 0) is 55.5 Å². The largest absolute Gasteiger partial charge is 0.352 e. The molecule has 1 fully saturated rings. The van der Waals surface area contributed by atoms with Crippen molar-refractivity contribution in [3.05, 3.63) is 65.5 Å². The molecule has 0 aromatic heterocycles. The molecule has 0 radical (unpaired) electrons. The number of rotatable bonds is 5. The second-order valence-corrected chi connectivity index (χ2v) is 8.77. The number of carbonyl (C=O) groups excluding carboxylic acids is 1. The third-order valence-electron chi connectivity index (χ3n) is 4.95. The van der Waals surface area contributed by atoms with Crippen molar-refractivity contribution in [2.75, 3.05) is 19.6 Å². The maximum absolute atomic E-state index is 13.4. The Bertz CT molecular complexity index is 908. The predicted octanol–water partition coefficient (Wildman–Crippen LogP) is 2.96. The highest BCUT2D eigenvalue weighted by Crippen LogP contribution is 2.23. The number of nitrogens with one attached hydrogen (secondary N) is 1. The van der Waals surface area contributed by atoms with Gasteiger partial charge in [0.05, 0.1) is 4.90 Å². The maximum Gasteiger partial charge on any atom is 0.251 e. The molecule has 1 aliphatic heterocycles. The van der Waals surface area contributed by atoms with Gasteiger partial charge in [0, 0.05) is 25.2 Å². The highest BCUT2D eigenvalue weighted by atomic mass is 32.2. The van der Waals surface area contributed by atoms with Crippen molar-refractivity contribution in [3.8, 4) is 0 Å². The van der Waals surface area contributed by atoms with Crippen LogP contribution < -0.4 is 5.32 Å². The first kappa shape index (κ1) is 19.5. The lowest BCUT2D eigenvalue weighted by Gasteiger charge is -2.31. The lowest BCUT2D eigenvalue weighted by Crippen LogP contribution is -2.41. The van der Waals surface area contributed by atoms with E-state index in [0.717, 1.165) is 5.56 Å². The first-order chi connectivity index (χ1) is 12.9. The van der Waals surface area contributed by atoms with E-state index in [9.17, 15) is 17.6 Å². The zero-order valence-electron chi connectivity index (χ0n) is 15.2. The standard InChI is InChI=1S/C20H23FN2O3S/c1-15-7-8-17(21)13-19(15)20(24)22-14-16-9-11-23(12-10-16)27(25,26)18-5-3-2-4-6-18/h2-8,13,16H,9-12,14H2,1H3,(H,22,24). The smallest absolute Gasteiger partial charge is 0.251 e. The maximum atomic E-state index is 13.4. The lowest BCUT2D eigenvalue weighted by molar-refractivity contribution is 0.0940. The molecule has 1 amide bonds. The average Bonchev–Trinajstić information content (AvgIpc) is 2.69. The number of aryl methyl sites for hydroxylation is 1. The molecule has 0 saturated carbocycles. The van der Waals surface area contributed by atoms with Crippen molar-refractivity contribution in [1.29, 1.82) is 0 Å². The normalized spacial score (nSPS) is 16.2. The second-order valence-electron chi connectivity index (χ2n) is 6.83. The van der Waals surface area contributed by atoms with Gasteiger partial charge in [0.1, 0.15) is 5.82 Å². The molecule has 27 heavy (non-hydrogen) atoms. The summed E-state index contributed by atoms with van der Waals surface area (Å²) in [6, 6.07) is 12.6. The van der Waals surface area contributed by atoms with Crippen molar-refractivity contribution in [3.63, 3.8) is 0 Å². The summed E-state index contributed by atoms with van der Waals surface area (Å²) < 4.78 is 40.1. The third kappa shape index (κ3) is 4.54. The Morgan fingerprint density at radius 1 is 1.15 bits per heavy atom. The van der Waals surface area contributed by atoms with Gasteiger partial charge in [-0.15, -0.1) is 0 Å². The van der Waals surface area contributed by atoms with Crippen LogP contribution in [0.4, 0.5) is 4.39 Å². The Morgan fingerprint density at radius 3 is 2.48 bits per heavy atom. The van der Waals surface area contributed by atoms with Gasteiger partial charge >= 0.3 is 0 Å². The van der Waals surface area contributed by atoms with Crippen LogP contribution in [0.2, 0.25) is 0 Å². The van der Waals surface area contributed by atoms with Crippen LogP contribution >= 0.6 is 0 Å². The molecule has 3 rings (SSSR count). The number of nitrogens with zero attached hydrogens (tertiary/aromatic N) is 1. The Kier molecular flexibility index (Phi) is 5.92. The van der Waals surface area contributed by atoms with Gasteiger partial charge in [-0.25, -0.2) is 12.8 Å². The molecule has 0 aliphatic carbocycles. The van der Waals surface area contributed by atoms with E-state index in [1.54, 1.807) is 43.3 Å². The summed E-state index contributed by atoms with van der Waals surface area (Å²) in [7, 11) is -3.47. The topological polar surface area (TPSA) is 66.5 Å².